The molecule has 0 bridgehead atoms. The van der Waals surface area contributed by atoms with Gasteiger partial charge in [0.15, 0.2) is 0 Å². The largest absolute Gasteiger partial charge is 0.478 e. The van der Waals surface area contributed by atoms with E-state index in [-0.39, 0.29) is 73.3 Å². The van der Waals surface area contributed by atoms with Gasteiger partial charge in [-0.25, -0.2) is 9.59 Å². The normalized spacial score (nSPS) is 23.3. The fraction of sp³-hybridized carbons (Fsp3) is 0.500. The zero-order valence-corrected chi connectivity index (χ0v) is 22.1. The van der Waals surface area contributed by atoms with Crippen LogP contribution in [-0.2, 0) is 0 Å². The van der Waals surface area contributed by atoms with Gasteiger partial charge < -0.3 is 20.8 Å². The molecular formula is C28H28F6N2O6. The van der Waals surface area contributed by atoms with E-state index >= 15 is 0 Å². The first kappa shape index (κ1) is 31.1. The van der Waals surface area contributed by atoms with Crippen LogP contribution in [0.4, 0.5) is 26.3 Å². The predicted octanol–water partition coefficient (Wildman–Crippen LogP) is 5.94. The van der Waals surface area contributed by atoms with Crippen molar-refractivity contribution in [3.05, 3.63) is 46.5 Å². The number of carboxylic acids is 2. The summed E-state index contributed by atoms with van der Waals surface area (Å²) < 4.78 is 78.2. The van der Waals surface area contributed by atoms with Gasteiger partial charge in [0.1, 0.15) is 0 Å². The molecule has 2 aliphatic carbocycles. The van der Waals surface area contributed by atoms with E-state index in [0.29, 0.717) is 0 Å². The number of carbonyl (C=O) groups is 4. The van der Waals surface area contributed by atoms with Gasteiger partial charge in [0, 0.05) is 34.0 Å². The number of nitrogens with one attached hydrogen (secondary N) is 2. The topological polar surface area (TPSA) is 133 Å². The van der Waals surface area contributed by atoms with Crippen molar-refractivity contribution >= 4 is 34.5 Å². The molecule has 0 heterocycles. The van der Waals surface area contributed by atoms with Crippen LogP contribution in [0.25, 0.3) is 10.8 Å². The summed E-state index contributed by atoms with van der Waals surface area (Å²) in [5.74, 6) is -7.75. The molecular weight excluding hydrogens is 574 g/mol. The van der Waals surface area contributed by atoms with E-state index in [1.54, 1.807) is 0 Å². The number of fused-ring (bicyclic) bond motifs is 1. The van der Waals surface area contributed by atoms with Crippen molar-refractivity contribution in [2.24, 2.45) is 11.8 Å². The SMILES string of the molecule is O=C(O)c1ccc(C(=O)O)c2c(C(=O)N[C@H]3CC[C@@H](C(F)(F)F)CC3)ccc(C(=O)N[C@H]3CC[C@@H](C(F)(F)F)CC3)c12. The van der Waals surface area contributed by atoms with Crippen LogP contribution < -0.4 is 10.6 Å². The minimum absolute atomic E-state index is 0.0249. The van der Waals surface area contributed by atoms with Crippen molar-refractivity contribution in [3.8, 4) is 0 Å². The molecule has 42 heavy (non-hydrogen) atoms. The summed E-state index contributed by atoms with van der Waals surface area (Å²) in [6, 6.07) is 2.92. The third-order valence-electron chi connectivity index (χ3n) is 8.16. The average molecular weight is 603 g/mol. The fourth-order valence-corrected chi connectivity index (χ4v) is 5.89. The van der Waals surface area contributed by atoms with E-state index in [0.717, 1.165) is 24.3 Å². The van der Waals surface area contributed by atoms with Crippen LogP contribution in [0.1, 0.15) is 92.8 Å². The second-order valence-corrected chi connectivity index (χ2v) is 10.8. The van der Waals surface area contributed by atoms with Crippen LogP contribution in [0.2, 0.25) is 0 Å². The number of hydrogen-bond acceptors (Lipinski definition) is 4. The second kappa shape index (κ2) is 11.8. The molecule has 2 aliphatic rings. The van der Waals surface area contributed by atoms with Crippen LogP contribution in [0.15, 0.2) is 24.3 Å². The molecule has 2 amide bonds. The highest BCUT2D eigenvalue weighted by atomic mass is 19.4. The average Bonchev–Trinajstić information content (AvgIpc) is 2.91. The molecule has 0 aliphatic heterocycles. The highest BCUT2D eigenvalue weighted by molar-refractivity contribution is 6.23. The first-order valence-corrected chi connectivity index (χ1v) is 13.4. The Bertz CT molecular complexity index is 1290. The smallest absolute Gasteiger partial charge is 0.391 e. The molecule has 2 aromatic carbocycles. The molecule has 0 unspecified atom stereocenters. The van der Waals surface area contributed by atoms with Crippen molar-refractivity contribution in [2.75, 3.05) is 0 Å². The summed E-state index contributed by atoms with van der Waals surface area (Å²) in [6.45, 7) is 0. The Morgan fingerprint density at radius 3 is 1.10 bits per heavy atom. The van der Waals surface area contributed by atoms with Crippen molar-refractivity contribution in [1.82, 2.24) is 10.6 Å². The fourth-order valence-electron chi connectivity index (χ4n) is 5.89. The highest BCUT2D eigenvalue weighted by Gasteiger charge is 2.43. The molecule has 2 saturated carbocycles. The quantitative estimate of drug-likeness (QED) is 0.303. The zero-order valence-electron chi connectivity index (χ0n) is 22.1. The maximum atomic E-state index is 13.3. The summed E-state index contributed by atoms with van der Waals surface area (Å²) in [4.78, 5) is 50.9. The van der Waals surface area contributed by atoms with Crippen LogP contribution in [0.3, 0.4) is 0 Å². The highest BCUT2D eigenvalue weighted by Crippen LogP contribution is 2.39. The molecule has 0 aromatic heterocycles. The van der Waals surface area contributed by atoms with Crippen LogP contribution in [0.5, 0.6) is 0 Å². The van der Waals surface area contributed by atoms with Crippen molar-refractivity contribution in [3.63, 3.8) is 0 Å². The van der Waals surface area contributed by atoms with Crippen LogP contribution >= 0.6 is 0 Å². The summed E-state index contributed by atoms with van der Waals surface area (Å²) in [6.07, 6.45) is -9.44. The van der Waals surface area contributed by atoms with Crippen LogP contribution in [0, 0.1) is 11.8 Å². The minimum Gasteiger partial charge on any atom is -0.478 e. The lowest BCUT2D eigenvalue weighted by molar-refractivity contribution is -0.183. The second-order valence-electron chi connectivity index (χ2n) is 10.8. The van der Waals surface area contributed by atoms with Gasteiger partial charge in [-0.3, -0.25) is 9.59 Å². The molecule has 4 N–H and O–H groups in total. The number of carbonyl (C=O) groups excluding carboxylic acids is 2. The number of amides is 2. The lowest BCUT2D eigenvalue weighted by Gasteiger charge is -2.30. The summed E-state index contributed by atoms with van der Waals surface area (Å²) in [5, 5.41) is 24.2. The predicted molar refractivity (Wildman–Crippen MR) is 136 cm³/mol. The monoisotopic (exact) mass is 602 g/mol. The zero-order chi connectivity index (χ0) is 31.0. The van der Waals surface area contributed by atoms with E-state index in [4.69, 9.17) is 0 Å². The van der Waals surface area contributed by atoms with Gasteiger partial charge in [-0.15, -0.1) is 0 Å². The molecule has 0 saturated heterocycles. The number of aromatic carboxylic acids is 2. The summed E-state index contributed by atoms with van der Waals surface area (Å²) in [7, 11) is 0. The Balaban J connectivity index is 1.67. The van der Waals surface area contributed by atoms with E-state index in [1.807, 2.05) is 0 Å². The van der Waals surface area contributed by atoms with Crippen LogP contribution in [-0.4, -0.2) is 58.4 Å². The molecule has 2 aromatic rings. The van der Waals surface area contributed by atoms with E-state index < -0.39 is 71.2 Å². The number of halogens is 6. The lowest BCUT2D eigenvalue weighted by Crippen LogP contribution is -2.40. The molecule has 0 spiro atoms. The Morgan fingerprint density at radius 1 is 0.548 bits per heavy atom. The number of hydrogen-bond donors (Lipinski definition) is 4. The van der Waals surface area contributed by atoms with Crippen molar-refractivity contribution < 1.29 is 55.7 Å². The standard InChI is InChI=1S/C28H28F6N2O6/c29-27(30,31)13-1-5-15(6-2-13)35-23(37)17-9-10-18(22-20(26(41)42)12-11-19(21(17)22)25(39)40)24(38)36-16-7-3-14(4-8-16)28(32,33)34/h9-16H,1-8H2,(H,35,37)(H,36,38)(H,39,40)(H,41,42)/t13-,14-,15+,16+. The van der Waals surface area contributed by atoms with Gasteiger partial charge in [-0.1, -0.05) is 0 Å². The maximum absolute atomic E-state index is 13.3. The molecule has 0 atom stereocenters. The number of carboxylic acid groups (broad SMARTS) is 2. The minimum atomic E-state index is -4.36. The molecule has 4 rings (SSSR count). The molecule has 14 heteroatoms. The van der Waals surface area contributed by atoms with Gasteiger partial charge in [0.25, 0.3) is 11.8 Å². The Kier molecular flexibility index (Phi) is 8.74. The first-order chi connectivity index (χ1) is 19.6. The van der Waals surface area contributed by atoms with Gasteiger partial charge in [-0.05, 0) is 75.6 Å². The molecule has 0 radical (unpaired) electrons. The number of alkyl halides is 6. The van der Waals surface area contributed by atoms with Crippen molar-refractivity contribution in [2.45, 2.75) is 75.8 Å². The van der Waals surface area contributed by atoms with Gasteiger partial charge >= 0.3 is 24.3 Å². The Hall–Kier alpha value is -3.84. The summed E-state index contributed by atoms with van der Waals surface area (Å²) in [5.41, 5.74) is -1.54. The summed E-state index contributed by atoms with van der Waals surface area (Å²) >= 11 is 0. The van der Waals surface area contributed by atoms with Gasteiger partial charge in [0.05, 0.1) is 23.0 Å². The number of rotatable bonds is 6. The van der Waals surface area contributed by atoms with E-state index in [9.17, 15) is 55.7 Å². The maximum Gasteiger partial charge on any atom is 0.391 e. The van der Waals surface area contributed by atoms with Crippen molar-refractivity contribution in [1.29, 1.82) is 0 Å². The Labute approximate surface area is 235 Å². The van der Waals surface area contributed by atoms with Gasteiger partial charge in [0.2, 0.25) is 0 Å². The van der Waals surface area contributed by atoms with E-state index in [2.05, 4.69) is 10.6 Å². The first-order valence-electron chi connectivity index (χ1n) is 13.4. The lowest BCUT2D eigenvalue weighted by atomic mass is 9.85. The molecule has 228 valence electrons. The third-order valence-corrected chi connectivity index (χ3v) is 8.16. The molecule has 8 nitrogen and oxygen atoms in total. The third kappa shape index (κ3) is 6.62. The number of benzene rings is 2. The Morgan fingerprint density at radius 2 is 0.833 bits per heavy atom. The van der Waals surface area contributed by atoms with Gasteiger partial charge in [-0.2, -0.15) is 26.3 Å². The molecule has 2 fully saturated rings. The van der Waals surface area contributed by atoms with E-state index in [1.165, 1.54) is 0 Å².